The molecule has 15 nitrogen and oxygen atoms in total. The number of anilines is 1. The number of ether oxygens (including phenoxy) is 1. The fourth-order valence-electron chi connectivity index (χ4n) is 9.32. The van der Waals surface area contributed by atoms with Gasteiger partial charge in [0.1, 0.15) is 29.6 Å². The fourth-order valence-corrected chi connectivity index (χ4v) is 9.32. The quantitative estimate of drug-likeness (QED) is 0.0888. The van der Waals surface area contributed by atoms with E-state index >= 15 is 0 Å². The number of allylic oxidation sites excluding steroid dienone is 1. The number of aldehydes is 1. The number of fused-ring (bicyclic) bond motifs is 1. The summed E-state index contributed by atoms with van der Waals surface area (Å²) in [4.78, 5) is 50.4. The van der Waals surface area contributed by atoms with E-state index < -0.39 is 0 Å². The van der Waals surface area contributed by atoms with Crippen LogP contribution >= 0.6 is 0 Å². The number of hydrogen-bond acceptors (Lipinski definition) is 11. The minimum atomic E-state index is -0.287. The van der Waals surface area contributed by atoms with E-state index in [-0.39, 0.29) is 42.1 Å². The summed E-state index contributed by atoms with van der Waals surface area (Å²) in [5.74, 6) is 0.831. The van der Waals surface area contributed by atoms with E-state index in [1.54, 1.807) is 48.5 Å². The number of hydrogen-bond donors (Lipinski definition) is 5. The number of aromatic hydroxyl groups is 1. The number of carbonyl (C=O) groups excluding carboxylic acids is 3. The Morgan fingerprint density at radius 2 is 1.71 bits per heavy atom. The number of piperazine rings is 1. The molecule has 2 atom stereocenters. The summed E-state index contributed by atoms with van der Waals surface area (Å²) >= 11 is 0. The van der Waals surface area contributed by atoms with Crippen molar-refractivity contribution >= 4 is 40.6 Å². The van der Waals surface area contributed by atoms with Crippen LogP contribution in [0.1, 0.15) is 85.1 Å². The zero-order chi connectivity index (χ0) is 43.9. The highest BCUT2D eigenvalue weighted by molar-refractivity contribution is 5.95. The number of carbonyl (C=O) groups is 3. The molecule has 1 saturated carbocycles. The van der Waals surface area contributed by atoms with Crippen molar-refractivity contribution in [3.63, 3.8) is 0 Å². The Morgan fingerprint density at radius 3 is 2.37 bits per heavy atom. The van der Waals surface area contributed by atoms with Crippen LogP contribution in [0, 0.1) is 5.92 Å². The predicted octanol–water partition coefficient (Wildman–Crippen LogP) is 5.08. The van der Waals surface area contributed by atoms with E-state index in [0.717, 1.165) is 74.6 Å². The van der Waals surface area contributed by atoms with Gasteiger partial charge in [-0.2, -0.15) is 0 Å². The molecule has 15 heteroatoms. The summed E-state index contributed by atoms with van der Waals surface area (Å²) in [5, 5.41) is 14.1. The van der Waals surface area contributed by atoms with Gasteiger partial charge < -0.3 is 51.5 Å². The van der Waals surface area contributed by atoms with Gasteiger partial charge in [0.2, 0.25) is 0 Å². The van der Waals surface area contributed by atoms with Crippen molar-refractivity contribution in [2.75, 3.05) is 64.3 Å². The largest absolute Gasteiger partial charge is 0.507 e. The van der Waals surface area contributed by atoms with Gasteiger partial charge in [-0.25, -0.2) is 9.78 Å². The van der Waals surface area contributed by atoms with Crippen LogP contribution < -0.4 is 27.4 Å². The van der Waals surface area contributed by atoms with E-state index in [0.29, 0.717) is 72.9 Å². The zero-order valence-electron chi connectivity index (χ0n) is 36.2. The molecule has 0 bridgehead atoms. The van der Waals surface area contributed by atoms with Gasteiger partial charge in [-0.1, -0.05) is 31.2 Å². The Labute approximate surface area is 364 Å². The van der Waals surface area contributed by atoms with Gasteiger partial charge in [0, 0.05) is 100 Å². The van der Waals surface area contributed by atoms with Crippen LogP contribution in [0.25, 0.3) is 16.7 Å². The first-order valence-electron chi connectivity index (χ1n) is 21.9. The SMILES string of the molecule is CCc1cn(C2CCC(CN3CCN(C(=O)c4ccc(C5CN(C(/C=C(\N)c6ccccc6O)=C(N)N)CC(C)O5)cc4)CC3)CC2)c2ncc(N(CCC=O)C(=O)NC)cc12. The van der Waals surface area contributed by atoms with Gasteiger partial charge in [0.05, 0.1) is 23.7 Å². The number of phenolic OH excluding ortho intramolecular Hbond substituents is 1. The van der Waals surface area contributed by atoms with E-state index in [1.807, 2.05) is 42.2 Å². The van der Waals surface area contributed by atoms with Crippen molar-refractivity contribution in [3.05, 3.63) is 107 Å². The summed E-state index contributed by atoms with van der Waals surface area (Å²) in [7, 11) is 1.59. The van der Waals surface area contributed by atoms with Gasteiger partial charge in [0.15, 0.2) is 0 Å². The molecule has 7 rings (SSSR count). The number of nitrogens with two attached hydrogens (primary N) is 3. The number of nitrogens with zero attached hydrogens (tertiary/aromatic N) is 6. The number of amides is 3. The number of benzene rings is 2. The molecule has 2 unspecified atom stereocenters. The highest BCUT2D eigenvalue weighted by atomic mass is 16.5. The molecule has 3 fully saturated rings. The maximum Gasteiger partial charge on any atom is 0.321 e. The zero-order valence-corrected chi connectivity index (χ0v) is 36.2. The van der Waals surface area contributed by atoms with Crippen molar-refractivity contribution in [1.29, 1.82) is 0 Å². The first-order chi connectivity index (χ1) is 30.0. The van der Waals surface area contributed by atoms with Crippen LogP contribution in [-0.4, -0.2) is 113 Å². The topological polar surface area (TPSA) is 202 Å². The van der Waals surface area contributed by atoms with Crippen LogP contribution in [0.15, 0.2) is 84.6 Å². The van der Waals surface area contributed by atoms with Gasteiger partial charge >= 0.3 is 6.03 Å². The van der Waals surface area contributed by atoms with Crippen LogP contribution in [0.5, 0.6) is 5.75 Å². The molecule has 330 valence electrons. The second-order valence-corrected chi connectivity index (χ2v) is 16.8. The summed E-state index contributed by atoms with van der Waals surface area (Å²) in [6, 6.07) is 16.7. The van der Waals surface area contributed by atoms with Gasteiger partial charge in [-0.05, 0) is 92.5 Å². The molecule has 0 spiro atoms. The Kier molecular flexibility index (Phi) is 14.0. The average Bonchev–Trinajstić information content (AvgIpc) is 3.66. The Balaban J connectivity index is 0.906. The van der Waals surface area contributed by atoms with Crippen LogP contribution in [0.2, 0.25) is 0 Å². The van der Waals surface area contributed by atoms with Gasteiger partial charge in [0.25, 0.3) is 5.91 Å². The molecule has 1 aliphatic carbocycles. The van der Waals surface area contributed by atoms with Gasteiger partial charge in [-0.15, -0.1) is 0 Å². The number of rotatable bonds is 13. The Bertz CT molecular complexity index is 2270. The highest BCUT2D eigenvalue weighted by Gasteiger charge is 2.31. The minimum absolute atomic E-state index is 0.0376. The molecule has 2 aromatic heterocycles. The van der Waals surface area contributed by atoms with Crippen molar-refractivity contribution in [2.24, 2.45) is 23.1 Å². The third-order valence-corrected chi connectivity index (χ3v) is 12.7. The second kappa shape index (κ2) is 19.8. The molecule has 3 amide bonds. The third kappa shape index (κ3) is 9.84. The third-order valence-electron chi connectivity index (χ3n) is 12.7. The summed E-state index contributed by atoms with van der Waals surface area (Å²) in [6.45, 7) is 9.59. The summed E-state index contributed by atoms with van der Waals surface area (Å²) in [5.41, 5.74) is 24.6. The monoisotopic (exact) mass is 846 g/mol. The lowest BCUT2D eigenvalue weighted by Gasteiger charge is -2.39. The number of nitrogens with one attached hydrogen (secondary N) is 1. The number of urea groups is 1. The summed E-state index contributed by atoms with van der Waals surface area (Å²) in [6.07, 6.45) is 11.6. The average molecular weight is 847 g/mol. The van der Waals surface area contributed by atoms with E-state index in [2.05, 4.69) is 32.8 Å². The smallest absolute Gasteiger partial charge is 0.321 e. The van der Waals surface area contributed by atoms with Crippen LogP contribution in [0.4, 0.5) is 10.5 Å². The number of morpholine rings is 1. The number of aryl methyl sites for hydroxylation is 1. The lowest BCUT2D eigenvalue weighted by atomic mass is 9.85. The van der Waals surface area contributed by atoms with Crippen molar-refractivity contribution in [3.8, 4) is 5.75 Å². The van der Waals surface area contributed by atoms with Crippen molar-refractivity contribution in [2.45, 2.75) is 70.6 Å². The molecule has 0 radical (unpaired) electrons. The number of phenols is 1. The molecule has 4 aromatic rings. The standard InChI is InChI=1S/C47H62N10O5/c1-4-33-29-57(45-39(33)24-37(26-52-45)56(18-7-23-58)47(61)51-3)36-16-10-32(11-17-36)28-53-19-21-54(22-20-53)46(60)35-14-12-34(13-15-35)43-30-55(27-31(2)62-43)41(44(49)50)25-40(48)38-8-5-6-9-42(38)59/h5-6,8-9,12-15,23-26,29,31-32,36,43,59H,4,7,10-11,16-22,27-28,30,48-50H2,1-3H3,(H,51,61)/b40-25-. The molecule has 2 saturated heterocycles. The first-order valence-corrected chi connectivity index (χ1v) is 21.9. The lowest BCUT2D eigenvalue weighted by Crippen LogP contribution is -2.50. The summed E-state index contributed by atoms with van der Waals surface area (Å²) < 4.78 is 8.70. The van der Waals surface area contributed by atoms with Gasteiger partial charge in [-0.3, -0.25) is 14.6 Å². The molecule has 2 aromatic carbocycles. The first kappa shape index (κ1) is 44.0. The number of pyridine rings is 1. The van der Waals surface area contributed by atoms with Crippen LogP contribution in [0.3, 0.4) is 0 Å². The lowest BCUT2D eigenvalue weighted by molar-refractivity contribution is -0.107. The fraction of sp³-hybridized carbons (Fsp3) is 0.447. The predicted molar refractivity (Wildman–Crippen MR) is 242 cm³/mol. The van der Waals surface area contributed by atoms with Crippen molar-refractivity contribution < 1.29 is 24.2 Å². The second-order valence-electron chi connectivity index (χ2n) is 16.8. The minimum Gasteiger partial charge on any atom is -0.507 e. The molecule has 2 aliphatic heterocycles. The normalized spacial score (nSPS) is 21.1. The number of aromatic nitrogens is 2. The molecule has 62 heavy (non-hydrogen) atoms. The van der Waals surface area contributed by atoms with Crippen molar-refractivity contribution in [1.82, 2.24) is 29.6 Å². The highest BCUT2D eigenvalue weighted by Crippen LogP contribution is 2.37. The van der Waals surface area contributed by atoms with E-state index in [1.165, 1.54) is 5.56 Å². The Morgan fingerprint density at radius 1 is 0.984 bits per heavy atom. The molecular formula is C47H62N10O5. The molecule has 8 N–H and O–H groups in total. The molecule has 4 heterocycles. The van der Waals surface area contributed by atoms with E-state index in [9.17, 15) is 19.5 Å². The van der Waals surface area contributed by atoms with Crippen LogP contribution in [-0.2, 0) is 16.0 Å². The molecule has 3 aliphatic rings. The maximum absolute atomic E-state index is 13.7. The van der Waals surface area contributed by atoms with E-state index in [4.69, 9.17) is 26.9 Å². The molecular weight excluding hydrogens is 785 g/mol. The Hall–Kier alpha value is -6.06. The maximum atomic E-state index is 13.7. The number of para-hydroxylation sites is 1.